The van der Waals surface area contributed by atoms with Crippen molar-refractivity contribution in [2.75, 3.05) is 30.3 Å². The molecule has 1 unspecified atom stereocenters. The van der Waals surface area contributed by atoms with Crippen LogP contribution in [0.4, 0.5) is 11.4 Å². The second kappa shape index (κ2) is 5.16. The van der Waals surface area contributed by atoms with Gasteiger partial charge in [0.25, 0.3) is 0 Å². The molecule has 1 atom stereocenters. The fourth-order valence-corrected chi connectivity index (χ4v) is 3.06. The zero-order chi connectivity index (χ0) is 15.0. The van der Waals surface area contributed by atoms with Crippen molar-refractivity contribution in [3.05, 3.63) is 30.5 Å². The Morgan fingerprint density at radius 3 is 2.95 bits per heavy atom. The Morgan fingerprint density at radius 2 is 2.19 bits per heavy atom. The first-order chi connectivity index (χ1) is 10.00. The maximum Gasteiger partial charge on any atom is 0.0988 e. The lowest BCUT2D eigenvalue weighted by Gasteiger charge is -2.44. The number of fused-ring (bicyclic) bond motifs is 1. The molecule has 0 aliphatic carbocycles. The zero-order valence-corrected chi connectivity index (χ0v) is 12.4. The highest BCUT2D eigenvalue weighted by molar-refractivity contribution is 5.97. The number of nitrogens with two attached hydrogens (primary N) is 1. The quantitative estimate of drug-likeness (QED) is 0.881. The molecule has 5 nitrogen and oxygen atoms in total. The van der Waals surface area contributed by atoms with Gasteiger partial charge in [0.05, 0.1) is 41.4 Å². The summed E-state index contributed by atoms with van der Waals surface area (Å²) in [5.74, 6) is 0. The van der Waals surface area contributed by atoms with Crippen molar-refractivity contribution in [3.63, 3.8) is 0 Å². The summed E-state index contributed by atoms with van der Waals surface area (Å²) in [7, 11) is 0. The SMILES string of the molecule is CC1(C)CN(c2c(N)cnc3ccccc23)CC(CO)O1. The predicted octanol–water partition coefficient (Wildman–Crippen LogP) is 1.79. The van der Waals surface area contributed by atoms with E-state index >= 15 is 0 Å². The summed E-state index contributed by atoms with van der Waals surface area (Å²) >= 11 is 0. The van der Waals surface area contributed by atoms with E-state index in [0.29, 0.717) is 12.2 Å². The largest absolute Gasteiger partial charge is 0.396 e. The number of morpholine rings is 1. The van der Waals surface area contributed by atoms with Crippen molar-refractivity contribution in [2.45, 2.75) is 25.6 Å². The number of nitrogen functional groups attached to an aromatic ring is 1. The molecule has 21 heavy (non-hydrogen) atoms. The van der Waals surface area contributed by atoms with Gasteiger partial charge in [-0.3, -0.25) is 4.98 Å². The van der Waals surface area contributed by atoms with Crippen molar-refractivity contribution in [3.8, 4) is 0 Å². The fraction of sp³-hybridized carbons (Fsp3) is 0.438. The first-order valence-corrected chi connectivity index (χ1v) is 7.17. The first kappa shape index (κ1) is 14.1. The summed E-state index contributed by atoms with van der Waals surface area (Å²) in [5, 5.41) is 10.5. The Bertz CT molecular complexity index is 657. The number of ether oxygens (including phenoxy) is 1. The van der Waals surface area contributed by atoms with Gasteiger partial charge in [0.1, 0.15) is 0 Å². The van der Waals surface area contributed by atoms with Gasteiger partial charge in [0, 0.05) is 18.5 Å². The lowest BCUT2D eigenvalue weighted by atomic mass is 10.0. The Labute approximate surface area is 124 Å². The van der Waals surface area contributed by atoms with Crippen LogP contribution in [-0.4, -0.2) is 41.5 Å². The van der Waals surface area contributed by atoms with Crippen LogP contribution in [0.2, 0.25) is 0 Å². The van der Waals surface area contributed by atoms with Crippen molar-refractivity contribution in [1.29, 1.82) is 0 Å². The van der Waals surface area contributed by atoms with Crippen LogP contribution in [0.3, 0.4) is 0 Å². The minimum absolute atomic E-state index is 0.00283. The van der Waals surface area contributed by atoms with Crippen LogP contribution in [0, 0.1) is 0 Å². The maximum atomic E-state index is 9.48. The lowest BCUT2D eigenvalue weighted by molar-refractivity contribution is -0.100. The molecule has 112 valence electrons. The first-order valence-electron chi connectivity index (χ1n) is 7.17. The number of rotatable bonds is 2. The van der Waals surface area contributed by atoms with Gasteiger partial charge >= 0.3 is 0 Å². The zero-order valence-electron chi connectivity index (χ0n) is 12.4. The van der Waals surface area contributed by atoms with E-state index in [2.05, 4.69) is 9.88 Å². The molecular weight excluding hydrogens is 266 g/mol. The molecule has 1 aromatic heterocycles. The molecule has 0 radical (unpaired) electrons. The summed E-state index contributed by atoms with van der Waals surface area (Å²) in [6.07, 6.45) is 1.49. The van der Waals surface area contributed by atoms with Gasteiger partial charge in [-0.2, -0.15) is 0 Å². The standard InChI is InChI=1S/C16H21N3O2/c1-16(2)10-19(8-11(9-20)21-16)15-12-5-3-4-6-14(12)18-7-13(15)17/h3-7,11,20H,8-10,17H2,1-2H3. The van der Waals surface area contributed by atoms with Crippen molar-refractivity contribution >= 4 is 22.3 Å². The third kappa shape index (κ3) is 2.66. The van der Waals surface area contributed by atoms with Crippen molar-refractivity contribution in [1.82, 2.24) is 4.98 Å². The molecular formula is C16H21N3O2. The minimum Gasteiger partial charge on any atom is -0.396 e. The van der Waals surface area contributed by atoms with E-state index in [4.69, 9.17) is 10.5 Å². The predicted molar refractivity (Wildman–Crippen MR) is 84.4 cm³/mol. The van der Waals surface area contributed by atoms with Gasteiger partial charge < -0.3 is 20.5 Å². The molecule has 5 heteroatoms. The number of aromatic nitrogens is 1. The molecule has 1 aromatic carbocycles. The van der Waals surface area contributed by atoms with E-state index in [9.17, 15) is 5.11 Å². The number of pyridine rings is 1. The Morgan fingerprint density at radius 1 is 1.43 bits per heavy atom. The molecule has 3 rings (SSSR count). The molecule has 1 aliphatic rings. The number of nitrogens with zero attached hydrogens (tertiary/aromatic N) is 2. The normalized spacial score (nSPS) is 21.7. The molecule has 0 saturated carbocycles. The third-order valence-corrected chi connectivity index (χ3v) is 3.78. The summed E-state index contributed by atoms with van der Waals surface area (Å²) in [6.45, 7) is 5.41. The second-order valence-corrected chi connectivity index (χ2v) is 6.14. The van der Waals surface area contributed by atoms with Crippen LogP contribution in [0.1, 0.15) is 13.8 Å². The molecule has 0 amide bonds. The Hall–Kier alpha value is -1.85. The molecule has 1 saturated heterocycles. The van der Waals surface area contributed by atoms with Gasteiger partial charge in [-0.25, -0.2) is 0 Å². The van der Waals surface area contributed by atoms with Crippen molar-refractivity contribution < 1.29 is 9.84 Å². The summed E-state index contributed by atoms with van der Waals surface area (Å²) in [5.41, 5.74) is 8.41. The topological polar surface area (TPSA) is 71.6 Å². The molecule has 1 fully saturated rings. The van der Waals surface area contributed by atoms with Gasteiger partial charge in [0.2, 0.25) is 0 Å². The minimum atomic E-state index is -0.331. The van der Waals surface area contributed by atoms with Gasteiger partial charge in [-0.15, -0.1) is 0 Å². The third-order valence-electron chi connectivity index (χ3n) is 3.78. The number of para-hydroxylation sites is 1. The molecule has 3 N–H and O–H groups in total. The molecule has 1 aliphatic heterocycles. The summed E-state index contributed by atoms with van der Waals surface area (Å²) < 4.78 is 5.88. The van der Waals surface area contributed by atoms with E-state index in [-0.39, 0.29) is 18.3 Å². The Kier molecular flexibility index (Phi) is 3.47. The maximum absolute atomic E-state index is 9.48. The van der Waals surface area contributed by atoms with E-state index in [1.54, 1.807) is 6.20 Å². The number of hydrogen-bond donors (Lipinski definition) is 2. The molecule has 2 aromatic rings. The average Bonchev–Trinajstić information content (AvgIpc) is 2.45. The number of benzene rings is 1. The van der Waals surface area contributed by atoms with Gasteiger partial charge in [-0.05, 0) is 19.9 Å². The number of anilines is 2. The van der Waals surface area contributed by atoms with Crippen LogP contribution in [-0.2, 0) is 4.74 Å². The monoisotopic (exact) mass is 287 g/mol. The molecule has 0 bridgehead atoms. The highest BCUT2D eigenvalue weighted by atomic mass is 16.5. The molecule has 2 heterocycles. The highest BCUT2D eigenvalue weighted by Gasteiger charge is 2.34. The van der Waals surface area contributed by atoms with Crippen LogP contribution in [0.15, 0.2) is 30.5 Å². The fourth-order valence-electron chi connectivity index (χ4n) is 3.06. The highest BCUT2D eigenvalue weighted by Crippen LogP contribution is 2.35. The van der Waals surface area contributed by atoms with Crippen LogP contribution >= 0.6 is 0 Å². The summed E-state index contributed by atoms with van der Waals surface area (Å²) in [6, 6.07) is 7.97. The lowest BCUT2D eigenvalue weighted by Crippen LogP contribution is -2.54. The van der Waals surface area contributed by atoms with E-state index in [0.717, 1.165) is 23.1 Å². The molecule has 0 spiro atoms. The van der Waals surface area contributed by atoms with Crippen LogP contribution < -0.4 is 10.6 Å². The van der Waals surface area contributed by atoms with Crippen molar-refractivity contribution in [2.24, 2.45) is 0 Å². The number of aliphatic hydroxyl groups is 1. The number of hydrogen-bond acceptors (Lipinski definition) is 5. The summed E-state index contributed by atoms with van der Waals surface area (Å²) in [4.78, 5) is 6.58. The van der Waals surface area contributed by atoms with E-state index in [1.807, 2.05) is 38.1 Å². The van der Waals surface area contributed by atoms with Gasteiger partial charge in [0.15, 0.2) is 0 Å². The van der Waals surface area contributed by atoms with Crippen LogP contribution in [0.5, 0.6) is 0 Å². The number of aliphatic hydroxyl groups excluding tert-OH is 1. The second-order valence-electron chi connectivity index (χ2n) is 6.14. The van der Waals surface area contributed by atoms with E-state index in [1.165, 1.54) is 0 Å². The van der Waals surface area contributed by atoms with E-state index < -0.39 is 0 Å². The smallest absolute Gasteiger partial charge is 0.0988 e. The average molecular weight is 287 g/mol. The van der Waals surface area contributed by atoms with Crippen LogP contribution in [0.25, 0.3) is 10.9 Å². The Balaban J connectivity index is 2.09. The van der Waals surface area contributed by atoms with Gasteiger partial charge in [-0.1, -0.05) is 18.2 Å².